The van der Waals surface area contributed by atoms with Crippen molar-refractivity contribution in [2.45, 2.75) is 13.0 Å². The van der Waals surface area contributed by atoms with Gasteiger partial charge in [-0.3, -0.25) is 0 Å². The van der Waals surface area contributed by atoms with Crippen LogP contribution in [0.25, 0.3) is 0 Å². The Morgan fingerprint density at radius 3 is 2.42 bits per heavy atom. The Hall–Kier alpha value is -3.97. The largest absolute Gasteiger partial charge is 0.348 e. The zero-order valence-electron chi connectivity index (χ0n) is 17.7. The Kier molecular flexibility index (Phi) is 6.80. The highest BCUT2D eigenvalue weighted by molar-refractivity contribution is 6.33. The third kappa shape index (κ3) is 5.27. The molecule has 6 nitrogen and oxygen atoms in total. The van der Waals surface area contributed by atoms with Gasteiger partial charge in [0.15, 0.2) is 0 Å². The second-order valence-corrected chi connectivity index (χ2v) is 7.62. The molecule has 0 spiro atoms. The average molecular weight is 462 g/mol. The van der Waals surface area contributed by atoms with E-state index in [-0.39, 0.29) is 17.5 Å². The lowest BCUT2D eigenvalue weighted by Crippen LogP contribution is -2.32. The first-order chi connectivity index (χ1) is 16.0. The smallest absolute Gasteiger partial charge is 0.332 e. The normalized spacial score (nSPS) is 11.5. The Morgan fingerprint density at radius 2 is 1.67 bits per heavy atom. The molecular weight excluding hydrogens is 441 g/mol. The first-order valence-electron chi connectivity index (χ1n) is 10.3. The lowest BCUT2D eigenvalue weighted by atomic mass is 10.1. The average Bonchev–Trinajstić information content (AvgIpc) is 2.83. The van der Waals surface area contributed by atoms with Crippen molar-refractivity contribution in [1.82, 2.24) is 9.97 Å². The van der Waals surface area contributed by atoms with Crippen LogP contribution in [0.5, 0.6) is 0 Å². The first kappa shape index (κ1) is 22.2. The fourth-order valence-electron chi connectivity index (χ4n) is 3.27. The molecule has 0 bridgehead atoms. The second-order valence-electron chi connectivity index (χ2n) is 7.21. The highest BCUT2D eigenvalue weighted by atomic mass is 35.5. The summed E-state index contributed by atoms with van der Waals surface area (Å²) in [4.78, 5) is 23.2. The van der Waals surface area contributed by atoms with E-state index in [9.17, 15) is 9.18 Å². The number of rotatable bonds is 6. The van der Waals surface area contributed by atoms with Gasteiger partial charge in [-0.05, 0) is 36.8 Å². The molecule has 0 aliphatic rings. The van der Waals surface area contributed by atoms with Gasteiger partial charge in [-0.1, -0.05) is 66.2 Å². The zero-order chi connectivity index (χ0) is 23.2. The predicted molar refractivity (Wildman–Crippen MR) is 130 cm³/mol. The number of carbonyl (C=O) groups is 1. The molecule has 0 aliphatic heterocycles. The second kappa shape index (κ2) is 10.1. The number of nitrogens with zero attached hydrogens (tertiary/aromatic N) is 3. The van der Waals surface area contributed by atoms with Gasteiger partial charge >= 0.3 is 6.03 Å². The molecule has 4 aromatic rings. The van der Waals surface area contributed by atoms with Crippen molar-refractivity contribution >= 4 is 40.8 Å². The SMILES string of the molecule is CC(Nc1nccc(N(C(=O)Nc2ccccc2Cl)c2ccccc2F)n1)c1ccccc1. The van der Waals surface area contributed by atoms with Crippen molar-refractivity contribution < 1.29 is 9.18 Å². The molecule has 2 amide bonds. The van der Waals surface area contributed by atoms with Crippen molar-refractivity contribution in [3.8, 4) is 0 Å². The van der Waals surface area contributed by atoms with Gasteiger partial charge < -0.3 is 10.6 Å². The summed E-state index contributed by atoms with van der Waals surface area (Å²) in [7, 11) is 0. The van der Waals surface area contributed by atoms with Crippen LogP contribution in [0, 0.1) is 5.82 Å². The van der Waals surface area contributed by atoms with E-state index in [1.54, 1.807) is 36.4 Å². The summed E-state index contributed by atoms with van der Waals surface area (Å²) in [5.74, 6) is -0.0734. The number of para-hydroxylation sites is 2. The third-order valence-corrected chi connectivity index (χ3v) is 5.26. The Balaban J connectivity index is 1.67. The van der Waals surface area contributed by atoms with E-state index < -0.39 is 11.8 Å². The molecule has 4 rings (SSSR count). The fraction of sp³-hybridized carbons (Fsp3) is 0.0800. The highest BCUT2D eigenvalue weighted by Gasteiger charge is 2.24. The topological polar surface area (TPSA) is 70.2 Å². The standard InChI is InChI=1S/C25H21ClFN5O/c1-17(18-9-3-2-4-10-18)29-24-28-16-15-23(31-24)32(22-14-8-6-12-20(22)27)25(33)30-21-13-7-5-11-19(21)26/h2-17H,1H3,(H,30,33)(H,28,29,31). The number of nitrogens with one attached hydrogen (secondary N) is 2. The number of hydrogen-bond acceptors (Lipinski definition) is 4. The van der Waals surface area contributed by atoms with Crippen molar-refractivity contribution in [2.24, 2.45) is 0 Å². The minimum atomic E-state index is -0.617. The van der Waals surface area contributed by atoms with E-state index >= 15 is 0 Å². The van der Waals surface area contributed by atoms with Gasteiger partial charge in [-0.2, -0.15) is 4.98 Å². The van der Waals surface area contributed by atoms with Crippen LogP contribution in [0.15, 0.2) is 91.1 Å². The maximum Gasteiger partial charge on any atom is 0.332 e. The number of anilines is 4. The number of halogens is 2. The fourth-order valence-corrected chi connectivity index (χ4v) is 3.45. The van der Waals surface area contributed by atoms with Crippen molar-refractivity contribution in [2.75, 3.05) is 15.5 Å². The van der Waals surface area contributed by atoms with Crippen LogP contribution in [0.1, 0.15) is 18.5 Å². The highest BCUT2D eigenvalue weighted by Crippen LogP contribution is 2.29. The molecule has 0 saturated carbocycles. The van der Waals surface area contributed by atoms with Crippen LogP contribution in [-0.4, -0.2) is 16.0 Å². The first-order valence-corrected chi connectivity index (χ1v) is 10.7. The number of amides is 2. The van der Waals surface area contributed by atoms with Crippen LogP contribution in [0.4, 0.5) is 32.3 Å². The monoisotopic (exact) mass is 461 g/mol. The maximum absolute atomic E-state index is 14.7. The van der Waals surface area contributed by atoms with E-state index in [0.29, 0.717) is 16.7 Å². The van der Waals surface area contributed by atoms with Gasteiger partial charge in [0.2, 0.25) is 5.95 Å². The summed E-state index contributed by atoms with van der Waals surface area (Å²) < 4.78 is 14.7. The van der Waals surface area contributed by atoms with E-state index in [4.69, 9.17) is 11.6 Å². The van der Waals surface area contributed by atoms with Crippen LogP contribution < -0.4 is 15.5 Å². The maximum atomic E-state index is 14.7. The zero-order valence-corrected chi connectivity index (χ0v) is 18.5. The molecule has 1 unspecified atom stereocenters. The van der Waals surface area contributed by atoms with Crippen LogP contribution in [-0.2, 0) is 0 Å². The van der Waals surface area contributed by atoms with E-state index in [0.717, 1.165) is 10.5 Å². The summed E-state index contributed by atoms with van der Waals surface area (Å²) in [6.45, 7) is 1.98. The Morgan fingerprint density at radius 1 is 0.970 bits per heavy atom. The van der Waals surface area contributed by atoms with Gasteiger partial charge in [0, 0.05) is 12.3 Å². The number of aromatic nitrogens is 2. The van der Waals surface area contributed by atoms with Gasteiger partial charge in [0.1, 0.15) is 11.6 Å². The van der Waals surface area contributed by atoms with Crippen LogP contribution in [0.3, 0.4) is 0 Å². The summed E-state index contributed by atoms with van der Waals surface area (Å²) >= 11 is 6.19. The predicted octanol–water partition coefficient (Wildman–Crippen LogP) is 6.81. The number of urea groups is 1. The molecule has 3 aromatic carbocycles. The third-order valence-electron chi connectivity index (χ3n) is 4.93. The summed E-state index contributed by atoms with van der Waals surface area (Å²) in [5, 5.41) is 6.31. The minimum absolute atomic E-state index is 0.0443. The van der Waals surface area contributed by atoms with E-state index in [1.165, 1.54) is 24.4 Å². The van der Waals surface area contributed by atoms with Gasteiger partial charge in [-0.15, -0.1) is 0 Å². The number of carbonyl (C=O) groups excluding carboxylic acids is 1. The Labute approximate surface area is 196 Å². The number of hydrogen-bond donors (Lipinski definition) is 2. The Bertz CT molecular complexity index is 1250. The summed E-state index contributed by atoms with van der Waals surface area (Å²) in [6, 6.07) is 23.5. The molecule has 2 N–H and O–H groups in total. The van der Waals surface area contributed by atoms with Gasteiger partial charge in [0.25, 0.3) is 0 Å². The molecule has 0 radical (unpaired) electrons. The number of benzene rings is 3. The molecule has 166 valence electrons. The molecule has 0 saturated heterocycles. The molecule has 1 atom stereocenters. The molecular formula is C25H21ClFN5O. The molecule has 8 heteroatoms. The molecule has 1 heterocycles. The van der Waals surface area contributed by atoms with E-state index in [1.807, 2.05) is 37.3 Å². The van der Waals surface area contributed by atoms with Crippen molar-refractivity contribution in [3.63, 3.8) is 0 Å². The van der Waals surface area contributed by atoms with Crippen LogP contribution >= 0.6 is 11.6 Å². The van der Waals surface area contributed by atoms with Crippen molar-refractivity contribution in [1.29, 1.82) is 0 Å². The van der Waals surface area contributed by atoms with Gasteiger partial charge in [-0.25, -0.2) is 19.1 Å². The summed E-state index contributed by atoms with van der Waals surface area (Å²) in [5.41, 5.74) is 1.49. The van der Waals surface area contributed by atoms with Gasteiger partial charge in [0.05, 0.1) is 22.4 Å². The quantitative estimate of drug-likeness (QED) is 0.331. The molecule has 0 aliphatic carbocycles. The lowest BCUT2D eigenvalue weighted by molar-refractivity contribution is 0.258. The lowest BCUT2D eigenvalue weighted by Gasteiger charge is -2.24. The minimum Gasteiger partial charge on any atom is -0.348 e. The van der Waals surface area contributed by atoms with Crippen molar-refractivity contribution in [3.05, 3.63) is 108 Å². The summed E-state index contributed by atoms with van der Waals surface area (Å²) in [6.07, 6.45) is 1.51. The molecule has 1 aromatic heterocycles. The molecule has 33 heavy (non-hydrogen) atoms. The molecule has 0 fully saturated rings. The van der Waals surface area contributed by atoms with Crippen LogP contribution in [0.2, 0.25) is 5.02 Å². The van der Waals surface area contributed by atoms with E-state index in [2.05, 4.69) is 20.6 Å².